The third kappa shape index (κ3) is 4.05. The van der Waals surface area contributed by atoms with Gasteiger partial charge in [0.25, 0.3) is 0 Å². The maximum atomic E-state index is 13.0. The Kier molecular flexibility index (Phi) is 5.93. The van der Waals surface area contributed by atoms with Gasteiger partial charge < -0.3 is 5.32 Å². The second kappa shape index (κ2) is 8.44. The molecule has 1 aliphatic carbocycles. The summed E-state index contributed by atoms with van der Waals surface area (Å²) in [5.41, 5.74) is 4.62. The highest BCUT2D eigenvalue weighted by Gasteiger charge is 2.23. The predicted molar refractivity (Wildman–Crippen MR) is 123 cm³/mol. The molecule has 0 radical (unpaired) electrons. The Bertz CT molecular complexity index is 1060. The molecule has 2 aromatic heterocycles. The number of anilines is 1. The number of aromatic nitrogens is 2. The van der Waals surface area contributed by atoms with Crippen LogP contribution in [0.1, 0.15) is 61.1 Å². The predicted octanol–water partition coefficient (Wildman–Crippen LogP) is 6.12. The molecular formula is C23H27N3OS2. The number of fused-ring (bicyclic) bond motifs is 3. The first-order valence-electron chi connectivity index (χ1n) is 10.3. The van der Waals surface area contributed by atoms with Crippen molar-refractivity contribution in [3.05, 3.63) is 46.1 Å². The average Bonchev–Trinajstić information content (AvgIpc) is 3.08. The Hall–Kier alpha value is -1.92. The van der Waals surface area contributed by atoms with Crippen LogP contribution in [-0.2, 0) is 17.6 Å². The fraction of sp³-hybridized carbons (Fsp3) is 0.435. The molecule has 0 saturated heterocycles. The molecule has 1 unspecified atom stereocenters. The van der Waals surface area contributed by atoms with Crippen LogP contribution in [-0.4, -0.2) is 21.1 Å². The summed E-state index contributed by atoms with van der Waals surface area (Å²) < 4.78 is 0. The number of carbonyl (C=O) groups is 1. The van der Waals surface area contributed by atoms with Gasteiger partial charge in [0.1, 0.15) is 16.2 Å². The molecule has 4 nitrogen and oxygen atoms in total. The molecule has 2 heterocycles. The molecule has 0 spiro atoms. The molecule has 1 N–H and O–H groups in total. The quantitative estimate of drug-likeness (QED) is 0.395. The van der Waals surface area contributed by atoms with Crippen molar-refractivity contribution in [3.8, 4) is 0 Å². The summed E-state index contributed by atoms with van der Waals surface area (Å²) in [6.45, 7) is 8.31. The zero-order valence-electron chi connectivity index (χ0n) is 17.4. The lowest BCUT2D eigenvalue weighted by Gasteiger charge is -2.19. The molecule has 0 aliphatic heterocycles. The minimum Gasteiger partial charge on any atom is -0.325 e. The lowest BCUT2D eigenvalue weighted by Crippen LogP contribution is -2.24. The summed E-state index contributed by atoms with van der Waals surface area (Å²) >= 11 is 3.34. The van der Waals surface area contributed by atoms with E-state index in [4.69, 9.17) is 0 Å². The van der Waals surface area contributed by atoms with E-state index in [2.05, 4.69) is 41.3 Å². The Balaban J connectivity index is 1.58. The Morgan fingerprint density at radius 1 is 1.17 bits per heavy atom. The van der Waals surface area contributed by atoms with E-state index in [-0.39, 0.29) is 11.2 Å². The van der Waals surface area contributed by atoms with E-state index in [9.17, 15) is 4.79 Å². The molecule has 152 valence electrons. The minimum atomic E-state index is -0.244. The third-order valence-corrected chi connectivity index (χ3v) is 7.85. The number of aryl methyl sites for hydroxylation is 3. The van der Waals surface area contributed by atoms with Crippen LogP contribution in [0.4, 0.5) is 5.69 Å². The molecule has 6 heteroatoms. The summed E-state index contributed by atoms with van der Waals surface area (Å²) in [5.74, 6) is 0.369. The maximum Gasteiger partial charge on any atom is 0.237 e. The van der Waals surface area contributed by atoms with Gasteiger partial charge in [0.05, 0.1) is 5.25 Å². The first-order valence-corrected chi connectivity index (χ1v) is 12.0. The van der Waals surface area contributed by atoms with Crippen LogP contribution in [0.3, 0.4) is 0 Å². The summed E-state index contributed by atoms with van der Waals surface area (Å²) in [6, 6.07) is 6.19. The Labute approximate surface area is 180 Å². The van der Waals surface area contributed by atoms with Crippen LogP contribution >= 0.6 is 23.1 Å². The second-order valence-corrected chi connectivity index (χ2v) is 10.4. The van der Waals surface area contributed by atoms with Crippen LogP contribution in [0.25, 0.3) is 10.2 Å². The van der Waals surface area contributed by atoms with Gasteiger partial charge in [-0.15, -0.1) is 11.3 Å². The summed E-state index contributed by atoms with van der Waals surface area (Å²) in [5, 5.41) is 5.05. The molecule has 1 atom stereocenters. The lowest BCUT2D eigenvalue weighted by atomic mass is 9.97. The highest BCUT2D eigenvalue weighted by molar-refractivity contribution is 8.00. The normalized spacial score (nSPS) is 14.8. The topological polar surface area (TPSA) is 54.9 Å². The number of carbonyl (C=O) groups excluding carboxylic acids is 1. The third-order valence-electron chi connectivity index (χ3n) is 5.55. The molecule has 1 aliphatic rings. The highest BCUT2D eigenvalue weighted by Crippen LogP contribution is 2.40. The molecule has 29 heavy (non-hydrogen) atoms. The number of nitrogens with zero attached hydrogens (tertiary/aromatic N) is 2. The van der Waals surface area contributed by atoms with Crippen molar-refractivity contribution in [2.24, 2.45) is 0 Å². The van der Waals surface area contributed by atoms with Crippen LogP contribution in [0.5, 0.6) is 0 Å². The lowest BCUT2D eigenvalue weighted by molar-refractivity contribution is -0.115. The van der Waals surface area contributed by atoms with Gasteiger partial charge in [-0.05, 0) is 62.1 Å². The summed E-state index contributed by atoms with van der Waals surface area (Å²) in [4.78, 5) is 24.6. The zero-order valence-corrected chi connectivity index (χ0v) is 19.0. The molecule has 0 bridgehead atoms. The van der Waals surface area contributed by atoms with Crippen LogP contribution in [0, 0.1) is 6.92 Å². The fourth-order valence-electron chi connectivity index (χ4n) is 3.94. The van der Waals surface area contributed by atoms with E-state index in [1.807, 2.05) is 19.9 Å². The van der Waals surface area contributed by atoms with Crippen molar-refractivity contribution in [3.63, 3.8) is 0 Å². The summed E-state index contributed by atoms with van der Waals surface area (Å²) in [6.07, 6.45) is 6.34. The minimum absolute atomic E-state index is 0.0158. The van der Waals surface area contributed by atoms with Crippen LogP contribution in [0.15, 0.2) is 29.6 Å². The number of benzene rings is 1. The van der Waals surface area contributed by atoms with Crippen molar-refractivity contribution in [2.75, 3.05) is 5.32 Å². The molecule has 3 aromatic rings. The number of thiophene rings is 1. The van der Waals surface area contributed by atoms with Crippen molar-refractivity contribution in [1.82, 2.24) is 9.97 Å². The molecule has 1 aromatic carbocycles. The van der Waals surface area contributed by atoms with Gasteiger partial charge >= 0.3 is 0 Å². The van der Waals surface area contributed by atoms with Gasteiger partial charge in [-0.25, -0.2) is 9.97 Å². The number of hydrogen-bond donors (Lipinski definition) is 1. The smallest absolute Gasteiger partial charge is 0.237 e. The number of nitrogens with one attached hydrogen (secondary N) is 1. The number of hydrogen-bond acceptors (Lipinski definition) is 5. The SMILES string of the molecule is Cc1cccc(C(C)C)c1NC(=O)C(C)Sc1ncnc2sc3c(c12)CCCC3. The standard InChI is InChI=1S/C23H27N3OS2/c1-13(2)16-10-7-8-14(3)20(16)26-21(27)15(4)28-22-19-17-9-5-6-11-18(17)29-23(19)25-12-24-22/h7-8,10,12-13,15H,5-6,9,11H2,1-4H3,(H,26,27). The van der Waals surface area contributed by atoms with Gasteiger partial charge in [-0.3, -0.25) is 4.79 Å². The fourth-order valence-corrected chi connectivity index (χ4v) is 6.18. The maximum absolute atomic E-state index is 13.0. The summed E-state index contributed by atoms with van der Waals surface area (Å²) in [7, 11) is 0. The second-order valence-electron chi connectivity index (χ2n) is 8.01. The van der Waals surface area contributed by atoms with E-state index in [1.54, 1.807) is 29.4 Å². The van der Waals surface area contributed by atoms with Gasteiger partial charge in [-0.2, -0.15) is 0 Å². The van der Waals surface area contributed by atoms with Gasteiger partial charge in [0, 0.05) is 16.0 Å². The Morgan fingerprint density at radius 3 is 2.76 bits per heavy atom. The van der Waals surface area contributed by atoms with E-state index in [0.717, 1.165) is 33.9 Å². The van der Waals surface area contributed by atoms with Gasteiger partial charge in [0.15, 0.2) is 0 Å². The zero-order chi connectivity index (χ0) is 20.5. The van der Waals surface area contributed by atoms with E-state index in [0.29, 0.717) is 5.92 Å². The Morgan fingerprint density at radius 2 is 1.97 bits per heavy atom. The first kappa shape index (κ1) is 20.4. The van der Waals surface area contributed by atoms with Gasteiger partial charge in [-0.1, -0.05) is 43.8 Å². The molecule has 0 fully saturated rings. The number of amides is 1. The van der Waals surface area contributed by atoms with Crippen LogP contribution < -0.4 is 5.32 Å². The van der Waals surface area contributed by atoms with E-state index >= 15 is 0 Å². The largest absolute Gasteiger partial charge is 0.325 e. The first-order chi connectivity index (χ1) is 14.0. The molecule has 1 amide bonds. The average molecular weight is 426 g/mol. The molecule has 0 saturated carbocycles. The van der Waals surface area contributed by atoms with E-state index < -0.39 is 0 Å². The van der Waals surface area contributed by atoms with Crippen molar-refractivity contribution < 1.29 is 4.79 Å². The number of rotatable bonds is 5. The molecule has 4 rings (SSSR count). The highest BCUT2D eigenvalue weighted by atomic mass is 32.2. The number of para-hydroxylation sites is 1. The van der Waals surface area contributed by atoms with Crippen molar-refractivity contribution >= 4 is 44.9 Å². The number of thioether (sulfide) groups is 1. The van der Waals surface area contributed by atoms with Crippen molar-refractivity contribution in [1.29, 1.82) is 0 Å². The van der Waals surface area contributed by atoms with Gasteiger partial charge in [0.2, 0.25) is 5.91 Å². The van der Waals surface area contributed by atoms with Crippen molar-refractivity contribution in [2.45, 2.75) is 69.6 Å². The monoisotopic (exact) mass is 425 g/mol. The van der Waals surface area contributed by atoms with Crippen LogP contribution in [0.2, 0.25) is 0 Å². The van der Waals surface area contributed by atoms with E-state index in [1.165, 1.54) is 34.2 Å². The molecular weight excluding hydrogens is 398 g/mol.